The highest BCUT2D eigenvalue weighted by atomic mass is 35.5. The maximum absolute atomic E-state index is 12.7. The molecule has 2 aromatic carbocycles. The van der Waals surface area contributed by atoms with Gasteiger partial charge in [-0.05, 0) is 35.6 Å². The topological polar surface area (TPSA) is 152 Å². The number of aromatic nitrogens is 1. The molecule has 1 fully saturated rings. The fraction of sp³-hybridized carbons (Fsp3) is 0.310. The molecular formula is C29H27Cl2F3N6O5S. The number of nitriles is 1. The van der Waals surface area contributed by atoms with Crippen LogP contribution < -0.4 is 15.4 Å². The van der Waals surface area contributed by atoms with E-state index in [9.17, 15) is 33.3 Å². The molecule has 0 radical (unpaired) electrons. The number of halogens is 5. The van der Waals surface area contributed by atoms with Crippen molar-refractivity contribution in [2.45, 2.75) is 32.7 Å². The number of thiazole rings is 1. The number of benzene rings is 2. The maximum atomic E-state index is 12.7. The summed E-state index contributed by atoms with van der Waals surface area (Å²) in [7, 11) is 1.54. The summed E-state index contributed by atoms with van der Waals surface area (Å²) in [5, 5.41) is 25.9. The van der Waals surface area contributed by atoms with Gasteiger partial charge in [-0.15, -0.1) is 11.3 Å². The number of hydrogen-bond donors (Lipinski definition) is 2. The van der Waals surface area contributed by atoms with Crippen LogP contribution in [0.4, 0.5) is 13.2 Å². The summed E-state index contributed by atoms with van der Waals surface area (Å²) < 4.78 is 49.7. The van der Waals surface area contributed by atoms with Gasteiger partial charge in [-0.2, -0.15) is 18.4 Å². The lowest BCUT2D eigenvalue weighted by Gasteiger charge is -2.13. The standard InChI is InChI=1S/C23H19ClF3NO3.C6H8ClN5O2S/c1-22(2)17(12-19(24)23(25,26)27)20(22)21(29)31-18(13-28)14-7-6-10-16(11-14)30-15-8-4-3-5-9-15;1-8-6(11-12(13)14)10-3-4-2-9-5(7)15-4/h3-12,17-18,20H,1-2H3;2H,3H2,1H3,(H2,8,10,11)/b19-12-;/t17-,18+,20-;/m0./s1. The fourth-order valence-electron chi connectivity index (χ4n) is 4.21. The summed E-state index contributed by atoms with van der Waals surface area (Å²) in [6.45, 7) is 3.69. The van der Waals surface area contributed by atoms with Crippen molar-refractivity contribution in [3.05, 3.63) is 96.9 Å². The number of carbonyl (C=O) groups excluding carboxylic acids is 1. The number of hydrazone groups is 1. The Morgan fingerprint density at radius 3 is 2.50 bits per heavy atom. The minimum absolute atomic E-state index is 0.0875. The Morgan fingerprint density at radius 1 is 1.26 bits per heavy atom. The van der Waals surface area contributed by atoms with Crippen LogP contribution in [0.2, 0.25) is 4.47 Å². The van der Waals surface area contributed by atoms with Crippen LogP contribution in [-0.4, -0.2) is 35.2 Å². The Hall–Kier alpha value is -4.39. The highest BCUT2D eigenvalue weighted by Gasteiger charge is 2.62. The van der Waals surface area contributed by atoms with Gasteiger partial charge in [0.1, 0.15) is 27.7 Å². The molecule has 1 aromatic heterocycles. The van der Waals surface area contributed by atoms with Gasteiger partial charge in [0.05, 0.1) is 12.5 Å². The molecule has 4 rings (SSSR count). The number of para-hydroxylation sites is 1. The van der Waals surface area contributed by atoms with E-state index in [1.54, 1.807) is 56.4 Å². The number of hydrogen-bond acceptors (Lipinski definition) is 8. The highest BCUT2D eigenvalue weighted by Crippen LogP contribution is 2.60. The number of esters is 1. The van der Waals surface area contributed by atoms with E-state index in [4.69, 9.17) is 32.7 Å². The number of carbonyl (C=O) groups is 1. The summed E-state index contributed by atoms with van der Waals surface area (Å²) in [5.74, 6) is -1.18. The molecule has 0 spiro atoms. The Labute approximate surface area is 275 Å². The van der Waals surface area contributed by atoms with E-state index in [1.807, 2.05) is 24.3 Å². The van der Waals surface area contributed by atoms with Gasteiger partial charge in [-0.1, -0.05) is 73.5 Å². The molecule has 0 bridgehead atoms. The monoisotopic (exact) mass is 698 g/mol. The van der Waals surface area contributed by atoms with Crippen LogP contribution in [0.1, 0.15) is 30.4 Å². The lowest BCUT2D eigenvalue weighted by molar-refractivity contribution is -0.485. The second-order valence-electron chi connectivity index (χ2n) is 10.1. The summed E-state index contributed by atoms with van der Waals surface area (Å²) in [6.07, 6.45) is -3.47. The van der Waals surface area contributed by atoms with Crippen molar-refractivity contribution < 1.29 is 32.5 Å². The zero-order valence-electron chi connectivity index (χ0n) is 24.4. The molecule has 3 aromatic rings. The molecule has 0 unspecified atom stereocenters. The molecule has 0 amide bonds. The van der Waals surface area contributed by atoms with Crippen molar-refractivity contribution >= 4 is 46.5 Å². The first-order valence-electron chi connectivity index (χ1n) is 13.3. The average Bonchev–Trinajstić information content (AvgIpc) is 3.29. The molecule has 2 N–H and O–H groups in total. The average molecular weight is 700 g/mol. The summed E-state index contributed by atoms with van der Waals surface area (Å²) >= 11 is 12.2. The van der Waals surface area contributed by atoms with Crippen molar-refractivity contribution in [2.24, 2.45) is 22.4 Å². The number of ether oxygens (including phenoxy) is 2. The zero-order chi connectivity index (χ0) is 34.1. The number of guanidine groups is 1. The van der Waals surface area contributed by atoms with Gasteiger partial charge < -0.3 is 20.1 Å². The predicted octanol–water partition coefficient (Wildman–Crippen LogP) is 7.20. The third-order valence-electron chi connectivity index (χ3n) is 6.63. The zero-order valence-corrected chi connectivity index (χ0v) is 26.7. The van der Waals surface area contributed by atoms with Crippen molar-refractivity contribution in [2.75, 3.05) is 7.05 Å². The highest BCUT2D eigenvalue weighted by molar-refractivity contribution is 7.15. The van der Waals surface area contributed by atoms with Crippen LogP contribution >= 0.6 is 34.5 Å². The Morgan fingerprint density at radius 2 is 1.93 bits per heavy atom. The van der Waals surface area contributed by atoms with Gasteiger partial charge in [-0.25, -0.2) is 15.1 Å². The van der Waals surface area contributed by atoms with Crippen LogP contribution in [0.5, 0.6) is 11.5 Å². The number of allylic oxidation sites excluding steroid dienone is 2. The molecule has 1 saturated carbocycles. The van der Waals surface area contributed by atoms with Crippen molar-refractivity contribution in [3.63, 3.8) is 0 Å². The third-order valence-corrected chi connectivity index (χ3v) is 8.08. The van der Waals surface area contributed by atoms with Crippen LogP contribution in [0, 0.1) is 38.7 Å². The first kappa shape index (κ1) is 36.1. The first-order chi connectivity index (χ1) is 21.6. The van der Waals surface area contributed by atoms with Crippen molar-refractivity contribution in [1.29, 1.82) is 5.26 Å². The molecule has 1 heterocycles. The van der Waals surface area contributed by atoms with Gasteiger partial charge >= 0.3 is 12.1 Å². The molecule has 1 aliphatic rings. The summed E-state index contributed by atoms with van der Waals surface area (Å²) in [4.78, 5) is 27.4. The van der Waals surface area contributed by atoms with E-state index in [1.165, 1.54) is 18.4 Å². The number of alkyl halides is 3. The minimum atomic E-state index is -4.68. The van der Waals surface area contributed by atoms with Gasteiger partial charge in [0, 0.05) is 23.7 Å². The molecule has 244 valence electrons. The van der Waals surface area contributed by atoms with Gasteiger partial charge in [0.2, 0.25) is 6.10 Å². The molecule has 11 nitrogen and oxygen atoms in total. The van der Waals surface area contributed by atoms with E-state index in [2.05, 4.69) is 20.7 Å². The quantitative estimate of drug-likeness (QED) is 0.0777. The van der Waals surface area contributed by atoms with Crippen molar-refractivity contribution in [3.8, 4) is 17.6 Å². The van der Waals surface area contributed by atoms with Crippen molar-refractivity contribution in [1.82, 2.24) is 15.6 Å². The van der Waals surface area contributed by atoms with E-state index in [-0.39, 0.29) is 5.96 Å². The Kier molecular flexibility index (Phi) is 12.4. The normalized spacial score (nSPS) is 17.8. The molecule has 0 saturated heterocycles. The summed E-state index contributed by atoms with van der Waals surface area (Å²) in [5.41, 5.74) is -0.371. The molecular weight excluding hydrogens is 672 g/mol. The molecule has 17 heteroatoms. The van der Waals surface area contributed by atoms with Gasteiger partial charge in [0.15, 0.2) is 9.50 Å². The number of nitro groups is 1. The second kappa shape index (κ2) is 15.7. The van der Waals surface area contributed by atoms with Crippen LogP contribution in [0.3, 0.4) is 0 Å². The number of rotatable bonds is 9. The second-order valence-corrected chi connectivity index (χ2v) is 12.2. The van der Waals surface area contributed by atoms with E-state index in [0.29, 0.717) is 28.1 Å². The molecule has 46 heavy (non-hydrogen) atoms. The molecule has 0 aliphatic heterocycles. The third kappa shape index (κ3) is 10.3. The maximum Gasteiger partial charge on any atom is 0.426 e. The SMILES string of the molecule is CC1(C)[C@H](C(=O)O[C@H](C#N)c2cccc(Oc3ccccc3)c2)[C@@H]1/C=C(\Cl)C(F)(F)F.CN/C(=N\[N+](=O)[O-])NCc1cnc(Cl)s1. The van der Waals surface area contributed by atoms with Crippen LogP contribution in [-0.2, 0) is 16.1 Å². The minimum Gasteiger partial charge on any atom is -0.457 e. The summed E-state index contributed by atoms with van der Waals surface area (Å²) in [6, 6.07) is 17.4. The van der Waals surface area contributed by atoms with Crippen LogP contribution in [0.25, 0.3) is 0 Å². The predicted molar refractivity (Wildman–Crippen MR) is 166 cm³/mol. The largest absolute Gasteiger partial charge is 0.457 e. The first-order valence-corrected chi connectivity index (χ1v) is 14.8. The molecule has 1 aliphatic carbocycles. The van der Waals surface area contributed by atoms with E-state index >= 15 is 0 Å². The van der Waals surface area contributed by atoms with Gasteiger partial charge in [-0.3, -0.25) is 4.79 Å². The lowest BCUT2D eigenvalue weighted by atomic mass is 10.1. The lowest BCUT2D eigenvalue weighted by Crippen LogP contribution is -2.34. The van der Waals surface area contributed by atoms with E-state index in [0.717, 1.165) is 11.0 Å². The van der Waals surface area contributed by atoms with Gasteiger partial charge in [0.25, 0.3) is 5.96 Å². The van der Waals surface area contributed by atoms with E-state index < -0.39 is 45.6 Å². The fourth-order valence-corrected chi connectivity index (χ4v) is 5.26. The Balaban J connectivity index is 0.000000322. The van der Waals surface area contributed by atoms with Crippen LogP contribution in [0.15, 0.2) is 77.0 Å². The smallest absolute Gasteiger partial charge is 0.426 e. The number of nitrogens with zero attached hydrogens (tertiary/aromatic N) is 4. The molecule has 3 atom stereocenters. The Bertz CT molecular complexity index is 1630. The number of nitrogens with one attached hydrogen (secondary N) is 2.